The Morgan fingerprint density at radius 1 is 1.12 bits per heavy atom. The number of methoxy groups -OCH3 is 2. The van der Waals surface area contributed by atoms with Crippen LogP contribution in [0.4, 0.5) is 5.82 Å². The van der Waals surface area contributed by atoms with Crippen molar-refractivity contribution >= 4 is 5.82 Å². The Labute approximate surface area is 97.6 Å². The number of nitrogens with two attached hydrogens (primary N) is 1. The van der Waals surface area contributed by atoms with Gasteiger partial charge in [0.1, 0.15) is 11.5 Å². The maximum absolute atomic E-state index is 5.46. The molecule has 0 atom stereocenters. The molecule has 7 heteroatoms. The van der Waals surface area contributed by atoms with Crippen LogP contribution in [0.25, 0.3) is 11.3 Å². The van der Waals surface area contributed by atoms with Gasteiger partial charge in [-0.2, -0.15) is 4.98 Å². The zero-order valence-corrected chi connectivity index (χ0v) is 9.41. The van der Waals surface area contributed by atoms with Gasteiger partial charge >= 0.3 is 6.01 Å². The molecule has 2 rings (SSSR count). The maximum Gasteiger partial charge on any atom is 0.319 e. The Kier molecular flexibility index (Phi) is 2.99. The Morgan fingerprint density at radius 3 is 2.53 bits per heavy atom. The summed E-state index contributed by atoms with van der Waals surface area (Å²) in [4.78, 5) is 8.05. The van der Waals surface area contributed by atoms with Crippen LogP contribution >= 0.6 is 0 Å². The largest absolute Gasteiger partial charge is 0.480 e. The van der Waals surface area contributed by atoms with Crippen LogP contribution in [0.15, 0.2) is 18.3 Å². The van der Waals surface area contributed by atoms with Crippen molar-refractivity contribution in [1.82, 2.24) is 20.2 Å². The molecule has 2 aromatic rings. The van der Waals surface area contributed by atoms with Gasteiger partial charge in [-0.3, -0.25) is 0 Å². The second kappa shape index (κ2) is 4.60. The van der Waals surface area contributed by atoms with Crippen LogP contribution in [0.1, 0.15) is 0 Å². The van der Waals surface area contributed by atoms with Crippen molar-refractivity contribution in [3.8, 4) is 23.1 Å². The van der Waals surface area contributed by atoms with E-state index in [0.29, 0.717) is 23.0 Å². The van der Waals surface area contributed by atoms with E-state index in [2.05, 4.69) is 20.2 Å². The lowest BCUT2D eigenvalue weighted by molar-refractivity contribution is 0.353. The number of rotatable bonds is 3. The van der Waals surface area contributed by atoms with Gasteiger partial charge in [0.25, 0.3) is 0 Å². The van der Waals surface area contributed by atoms with Crippen LogP contribution in [-0.2, 0) is 0 Å². The van der Waals surface area contributed by atoms with E-state index in [0.717, 1.165) is 0 Å². The third-order valence-electron chi connectivity index (χ3n) is 2.07. The van der Waals surface area contributed by atoms with Crippen LogP contribution < -0.4 is 15.2 Å². The van der Waals surface area contributed by atoms with Gasteiger partial charge in [-0.05, 0) is 12.1 Å². The second-order valence-corrected chi connectivity index (χ2v) is 3.12. The first-order valence-corrected chi connectivity index (χ1v) is 4.79. The van der Waals surface area contributed by atoms with Gasteiger partial charge in [0, 0.05) is 6.20 Å². The van der Waals surface area contributed by atoms with E-state index in [4.69, 9.17) is 15.2 Å². The van der Waals surface area contributed by atoms with Gasteiger partial charge in [0.15, 0.2) is 0 Å². The zero-order chi connectivity index (χ0) is 12.3. The van der Waals surface area contributed by atoms with E-state index in [1.54, 1.807) is 18.3 Å². The highest BCUT2D eigenvalue weighted by molar-refractivity contribution is 5.64. The lowest BCUT2D eigenvalue weighted by atomic mass is 10.2. The number of aromatic nitrogens is 4. The van der Waals surface area contributed by atoms with E-state index < -0.39 is 0 Å². The molecule has 0 fully saturated rings. The Morgan fingerprint density at radius 2 is 1.94 bits per heavy atom. The number of ether oxygens (including phenoxy) is 2. The summed E-state index contributed by atoms with van der Waals surface area (Å²) in [5.41, 5.74) is 6.67. The fourth-order valence-corrected chi connectivity index (χ4v) is 1.27. The van der Waals surface area contributed by atoms with Crippen molar-refractivity contribution in [3.05, 3.63) is 18.3 Å². The average Bonchev–Trinajstić information content (AvgIpc) is 2.39. The fourth-order valence-electron chi connectivity index (χ4n) is 1.27. The molecule has 0 spiro atoms. The molecule has 2 aromatic heterocycles. The molecule has 88 valence electrons. The average molecular weight is 233 g/mol. The van der Waals surface area contributed by atoms with Gasteiger partial charge < -0.3 is 15.2 Å². The quantitative estimate of drug-likeness (QED) is 0.826. The van der Waals surface area contributed by atoms with Gasteiger partial charge in [-0.25, -0.2) is 4.98 Å². The van der Waals surface area contributed by atoms with Gasteiger partial charge in [-0.15, -0.1) is 10.2 Å². The predicted octanol–water partition coefficient (Wildman–Crippen LogP) is 0.533. The first kappa shape index (κ1) is 11.1. The summed E-state index contributed by atoms with van der Waals surface area (Å²) >= 11 is 0. The minimum absolute atomic E-state index is 0.231. The second-order valence-electron chi connectivity index (χ2n) is 3.12. The molecule has 0 aliphatic heterocycles. The van der Waals surface area contributed by atoms with Crippen molar-refractivity contribution < 1.29 is 9.47 Å². The number of nitrogen functional groups attached to an aromatic ring is 1. The molecular weight excluding hydrogens is 222 g/mol. The van der Waals surface area contributed by atoms with Crippen molar-refractivity contribution in [2.45, 2.75) is 0 Å². The number of hydrogen-bond donors (Lipinski definition) is 1. The molecule has 0 unspecified atom stereocenters. The topological polar surface area (TPSA) is 96.0 Å². The third-order valence-corrected chi connectivity index (χ3v) is 2.07. The highest BCUT2D eigenvalue weighted by atomic mass is 16.5. The van der Waals surface area contributed by atoms with Gasteiger partial charge in [-0.1, -0.05) is 0 Å². The first-order valence-electron chi connectivity index (χ1n) is 4.79. The summed E-state index contributed by atoms with van der Waals surface area (Å²) in [6, 6.07) is 3.59. The highest BCUT2D eigenvalue weighted by Crippen LogP contribution is 2.26. The summed E-state index contributed by atoms with van der Waals surface area (Å²) in [7, 11) is 2.99. The molecule has 17 heavy (non-hydrogen) atoms. The summed E-state index contributed by atoms with van der Waals surface area (Å²) in [5, 5.41) is 7.70. The standard InChI is InChI=1S/C10H11N5O2/c1-16-9-6(5-12-10(13-9)17-2)7-3-4-8(11)15-14-7/h3-5H,1-2H3,(H2,11,15). The highest BCUT2D eigenvalue weighted by Gasteiger charge is 2.11. The smallest absolute Gasteiger partial charge is 0.319 e. The minimum Gasteiger partial charge on any atom is -0.480 e. The summed E-state index contributed by atoms with van der Waals surface area (Å²) in [6.45, 7) is 0. The number of hydrogen-bond acceptors (Lipinski definition) is 7. The lowest BCUT2D eigenvalue weighted by Crippen LogP contribution is -2.00. The molecule has 0 aliphatic carbocycles. The molecule has 2 N–H and O–H groups in total. The summed E-state index contributed by atoms with van der Waals surface area (Å²) in [5.74, 6) is 0.720. The van der Waals surface area contributed by atoms with Crippen LogP contribution in [0.3, 0.4) is 0 Å². The summed E-state index contributed by atoms with van der Waals surface area (Å²) < 4.78 is 10.1. The molecule has 0 aromatic carbocycles. The van der Waals surface area contributed by atoms with E-state index in [1.807, 2.05) is 0 Å². The molecular formula is C10H11N5O2. The van der Waals surface area contributed by atoms with E-state index in [-0.39, 0.29) is 6.01 Å². The summed E-state index contributed by atoms with van der Waals surface area (Å²) in [6.07, 6.45) is 1.56. The molecule has 0 saturated carbocycles. The van der Waals surface area contributed by atoms with Gasteiger partial charge in [0.05, 0.1) is 19.8 Å². The van der Waals surface area contributed by atoms with E-state index in [1.165, 1.54) is 14.2 Å². The predicted molar refractivity (Wildman–Crippen MR) is 60.6 cm³/mol. The first-order chi connectivity index (χ1) is 8.24. The van der Waals surface area contributed by atoms with E-state index >= 15 is 0 Å². The molecule has 0 aliphatic rings. The fraction of sp³-hybridized carbons (Fsp3) is 0.200. The molecule has 0 radical (unpaired) electrons. The Bertz CT molecular complexity index is 515. The van der Waals surface area contributed by atoms with Gasteiger partial charge in [0.2, 0.25) is 5.88 Å². The molecule has 2 heterocycles. The SMILES string of the molecule is COc1ncc(-c2ccc(N)nn2)c(OC)n1. The molecule has 0 amide bonds. The number of nitrogens with zero attached hydrogens (tertiary/aromatic N) is 4. The van der Waals surface area contributed by atoms with Crippen LogP contribution in [-0.4, -0.2) is 34.4 Å². The maximum atomic E-state index is 5.46. The Balaban J connectivity index is 2.47. The number of anilines is 1. The van der Waals surface area contributed by atoms with Crippen LogP contribution in [0.5, 0.6) is 11.9 Å². The van der Waals surface area contributed by atoms with E-state index in [9.17, 15) is 0 Å². The van der Waals surface area contributed by atoms with Crippen molar-refractivity contribution in [1.29, 1.82) is 0 Å². The Hall–Kier alpha value is -2.44. The zero-order valence-electron chi connectivity index (χ0n) is 9.41. The lowest BCUT2D eigenvalue weighted by Gasteiger charge is -2.07. The minimum atomic E-state index is 0.231. The van der Waals surface area contributed by atoms with Crippen molar-refractivity contribution in [3.63, 3.8) is 0 Å². The third kappa shape index (κ3) is 2.22. The molecule has 7 nitrogen and oxygen atoms in total. The van der Waals surface area contributed by atoms with Crippen molar-refractivity contribution in [2.24, 2.45) is 0 Å². The van der Waals surface area contributed by atoms with Crippen LogP contribution in [0, 0.1) is 0 Å². The monoisotopic (exact) mass is 233 g/mol. The normalized spacial score (nSPS) is 10.0. The van der Waals surface area contributed by atoms with Crippen LogP contribution in [0.2, 0.25) is 0 Å². The molecule has 0 bridgehead atoms. The van der Waals surface area contributed by atoms with Crippen molar-refractivity contribution in [2.75, 3.05) is 20.0 Å². The molecule has 0 saturated heterocycles.